The first-order chi connectivity index (χ1) is 16.5. The third-order valence-corrected chi connectivity index (χ3v) is 7.64. The monoisotopic (exact) mass is 586 g/mol. The number of ether oxygens (including phenoxy) is 3. The molecule has 0 fully saturated rings. The maximum Gasteiger partial charge on any atom is 0.175 e. The first-order valence-electron chi connectivity index (χ1n) is 11.4. The molecule has 1 heterocycles. The molecule has 0 unspecified atom stereocenters. The Morgan fingerprint density at radius 3 is 2.12 bits per heavy atom. The van der Waals surface area contributed by atoms with E-state index in [1.807, 2.05) is 36.4 Å². The van der Waals surface area contributed by atoms with Crippen LogP contribution < -0.4 is 9.47 Å². The minimum absolute atomic E-state index is 0.0572. The summed E-state index contributed by atoms with van der Waals surface area (Å²) in [6.45, 7) is 0.375. The number of hydrogen-bond acceptors (Lipinski definition) is 5. The Bertz CT molecular complexity index is 1180. The maximum absolute atomic E-state index is 13.0. The van der Waals surface area contributed by atoms with Crippen molar-refractivity contribution in [2.75, 3.05) is 7.11 Å². The molecule has 0 aromatic heterocycles. The summed E-state index contributed by atoms with van der Waals surface area (Å²) in [4.78, 5) is 26.1. The van der Waals surface area contributed by atoms with E-state index < -0.39 is 5.92 Å². The van der Waals surface area contributed by atoms with Gasteiger partial charge in [-0.2, -0.15) is 0 Å². The summed E-state index contributed by atoms with van der Waals surface area (Å²) in [5, 5.41) is 0. The third-order valence-electron chi connectivity index (χ3n) is 6.52. The lowest BCUT2D eigenvalue weighted by Crippen LogP contribution is -2.30. The first-order valence-corrected chi connectivity index (χ1v) is 13.0. The van der Waals surface area contributed by atoms with E-state index in [1.54, 1.807) is 7.11 Å². The van der Waals surface area contributed by atoms with Crippen LogP contribution in [-0.4, -0.2) is 18.7 Å². The van der Waals surface area contributed by atoms with Crippen LogP contribution in [0.2, 0.25) is 0 Å². The number of methoxy groups -OCH3 is 1. The topological polar surface area (TPSA) is 61.8 Å². The zero-order valence-corrected chi connectivity index (χ0v) is 22.0. The van der Waals surface area contributed by atoms with Gasteiger partial charge < -0.3 is 14.2 Å². The normalized spacial score (nSPS) is 18.4. The van der Waals surface area contributed by atoms with E-state index in [-0.39, 0.29) is 11.6 Å². The molecular weight excluding hydrogens is 564 g/mol. The van der Waals surface area contributed by atoms with E-state index in [4.69, 9.17) is 14.2 Å². The Balaban J connectivity index is 1.55. The van der Waals surface area contributed by atoms with Crippen LogP contribution in [0, 0.1) is 0 Å². The van der Waals surface area contributed by atoms with Crippen LogP contribution in [0.25, 0.3) is 0 Å². The summed E-state index contributed by atoms with van der Waals surface area (Å²) >= 11 is 7.10. The average Bonchev–Trinajstić information content (AvgIpc) is 2.83. The van der Waals surface area contributed by atoms with E-state index in [0.29, 0.717) is 46.6 Å². The smallest absolute Gasteiger partial charge is 0.175 e. The first kappa shape index (κ1) is 23.4. The summed E-state index contributed by atoms with van der Waals surface area (Å²) in [6.07, 6.45) is 3.93. The highest BCUT2D eigenvalue weighted by Crippen LogP contribution is 2.50. The van der Waals surface area contributed by atoms with Gasteiger partial charge in [-0.15, -0.1) is 0 Å². The number of carbonyl (C=O) groups excluding carboxylic acids is 2. The fraction of sp³-hybridized carbons (Fsp3) is 0.333. The summed E-state index contributed by atoms with van der Waals surface area (Å²) < 4.78 is 19.7. The summed E-state index contributed by atoms with van der Waals surface area (Å²) in [7, 11) is 1.59. The fourth-order valence-electron chi connectivity index (χ4n) is 4.93. The van der Waals surface area contributed by atoms with Crippen molar-refractivity contribution in [1.82, 2.24) is 0 Å². The van der Waals surface area contributed by atoms with Crippen molar-refractivity contribution in [2.24, 2.45) is 0 Å². The van der Waals surface area contributed by atoms with Gasteiger partial charge in [0.2, 0.25) is 0 Å². The van der Waals surface area contributed by atoms with Gasteiger partial charge in [-0.05, 0) is 64.2 Å². The van der Waals surface area contributed by atoms with Crippen LogP contribution in [0.4, 0.5) is 0 Å². The standard InChI is InChI=1S/C27H24Br2O5/c1-32-23-13-16(12-18(29)27(23)33-14-15-8-10-17(28)11-9-15)24-25-19(30)4-2-6-21(25)34-22-7-3-5-20(31)26(22)24/h8-13,24H,2-7,14H2,1H3. The Kier molecular flexibility index (Phi) is 6.67. The van der Waals surface area contributed by atoms with Crippen LogP contribution >= 0.6 is 31.9 Å². The zero-order chi connectivity index (χ0) is 23.8. The molecule has 0 atom stereocenters. The third kappa shape index (κ3) is 4.36. The van der Waals surface area contributed by atoms with Crippen LogP contribution in [-0.2, 0) is 20.9 Å². The SMILES string of the molecule is COc1cc(C2C3=C(CCCC3=O)OC3=C2C(=O)CCC3)cc(Br)c1OCc1ccc(Br)cc1. The van der Waals surface area contributed by atoms with E-state index in [0.717, 1.165) is 52.8 Å². The van der Waals surface area contributed by atoms with Crippen LogP contribution in [0.3, 0.4) is 0 Å². The lowest BCUT2D eigenvalue weighted by molar-refractivity contribution is -0.117. The Morgan fingerprint density at radius 2 is 1.53 bits per heavy atom. The number of carbonyl (C=O) groups is 2. The molecule has 0 saturated heterocycles. The molecule has 5 rings (SSSR count). The second-order valence-corrected chi connectivity index (χ2v) is 10.5. The maximum atomic E-state index is 13.0. The second kappa shape index (κ2) is 9.70. The van der Waals surface area contributed by atoms with Gasteiger partial charge in [0, 0.05) is 47.2 Å². The molecule has 1 aliphatic heterocycles. The Morgan fingerprint density at radius 1 is 0.912 bits per heavy atom. The predicted molar refractivity (Wildman–Crippen MR) is 135 cm³/mol. The van der Waals surface area contributed by atoms with E-state index >= 15 is 0 Å². The van der Waals surface area contributed by atoms with Gasteiger partial charge in [0.25, 0.3) is 0 Å². The largest absolute Gasteiger partial charge is 0.493 e. The highest BCUT2D eigenvalue weighted by Gasteiger charge is 2.42. The highest BCUT2D eigenvalue weighted by atomic mass is 79.9. The van der Waals surface area contributed by atoms with Crippen LogP contribution in [0.15, 0.2) is 68.0 Å². The van der Waals surface area contributed by atoms with Crippen molar-refractivity contribution in [3.8, 4) is 11.5 Å². The molecule has 7 heteroatoms. The molecule has 0 radical (unpaired) electrons. The molecule has 2 aliphatic carbocycles. The Hall–Kier alpha value is -2.38. The van der Waals surface area contributed by atoms with Gasteiger partial charge >= 0.3 is 0 Å². The average molecular weight is 588 g/mol. The summed E-state index contributed by atoms with van der Waals surface area (Å²) in [5.74, 6) is 2.24. The predicted octanol–water partition coefficient (Wildman–Crippen LogP) is 6.93. The summed E-state index contributed by atoms with van der Waals surface area (Å²) in [6, 6.07) is 11.7. The van der Waals surface area contributed by atoms with Crippen molar-refractivity contribution in [3.05, 3.63) is 79.1 Å². The number of Topliss-reactive ketones (excluding diaryl/α,β-unsaturated/α-hetero) is 2. The molecule has 176 valence electrons. The lowest BCUT2D eigenvalue weighted by atomic mass is 9.73. The second-order valence-electron chi connectivity index (χ2n) is 8.71. The zero-order valence-electron chi connectivity index (χ0n) is 18.8. The molecule has 0 amide bonds. The number of allylic oxidation sites excluding steroid dienone is 4. The number of hydrogen-bond donors (Lipinski definition) is 0. The molecule has 34 heavy (non-hydrogen) atoms. The van der Waals surface area contributed by atoms with Crippen molar-refractivity contribution in [1.29, 1.82) is 0 Å². The quantitative estimate of drug-likeness (QED) is 0.380. The van der Waals surface area contributed by atoms with Crippen LogP contribution in [0.5, 0.6) is 11.5 Å². The van der Waals surface area contributed by atoms with E-state index in [2.05, 4.69) is 31.9 Å². The van der Waals surface area contributed by atoms with Crippen LogP contribution in [0.1, 0.15) is 55.6 Å². The van der Waals surface area contributed by atoms with Gasteiger partial charge in [-0.1, -0.05) is 28.1 Å². The molecule has 3 aliphatic rings. The molecule has 2 aromatic carbocycles. The molecule has 0 bridgehead atoms. The molecular formula is C27H24Br2O5. The van der Waals surface area contributed by atoms with Gasteiger partial charge in [0.1, 0.15) is 18.1 Å². The minimum Gasteiger partial charge on any atom is -0.493 e. The van der Waals surface area contributed by atoms with Crippen molar-refractivity contribution in [2.45, 2.75) is 51.0 Å². The van der Waals surface area contributed by atoms with E-state index in [1.165, 1.54) is 0 Å². The fourth-order valence-corrected chi connectivity index (χ4v) is 5.77. The van der Waals surface area contributed by atoms with Gasteiger partial charge in [-0.3, -0.25) is 9.59 Å². The molecule has 0 saturated carbocycles. The van der Waals surface area contributed by atoms with Crippen molar-refractivity contribution >= 4 is 43.4 Å². The van der Waals surface area contributed by atoms with Crippen molar-refractivity contribution in [3.63, 3.8) is 0 Å². The molecule has 2 aromatic rings. The molecule has 0 N–H and O–H groups in total. The minimum atomic E-state index is -0.440. The van der Waals surface area contributed by atoms with Crippen molar-refractivity contribution < 1.29 is 23.8 Å². The number of rotatable bonds is 5. The number of benzene rings is 2. The van der Waals surface area contributed by atoms with Gasteiger partial charge in [0.15, 0.2) is 23.1 Å². The molecule has 0 spiro atoms. The van der Waals surface area contributed by atoms with Gasteiger partial charge in [0.05, 0.1) is 11.6 Å². The molecule has 5 nitrogen and oxygen atoms in total. The lowest BCUT2D eigenvalue weighted by Gasteiger charge is -2.36. The Labute approximate surface area is 215 Å². The highest BCUT2D eigenvalue weighted by molar-refractivity contribution is 9.10. The number of ketones is 2. The number of halogens is 2. The summed E-state index contributed by atoms with van der Waals surface area (Å²) in [5.41, 5.74) is 3.10. The van der Waals surface area contributed by atoms with Gasteiger partial charge in [-0.25, -0.2) is 0 Å². The van der Waals surface area contributed by atoms with E-state index in [9.17, 15) is 9.59 Å².